The molecular weight excluding hydrogens is 158 g/mol. The third kappa shape index (κ3) is 1.49. The summed E-state index contributed by atoms with van der Waals surface area (Å²) in [5.74, 6) is 0.699. The van der Waals surface area contributed by atoms with E-state index in [-0.39, 0.29) is 0 Å². The summed E-state index contributed by atoms with van der Waals surface area (Å²) in [5, 5.41) is 3.54. The molecule has 0 saturated heterocycles. The molecule has 0 aromatic heterocycles. The van der Waals surface area contributed by atoms with Crippen molar-refractivity contribution in [3.63, 3.8) is 0 Å². The summed E-state index contributed by atoms with van der Waals surface area (Å²) in [6.07, 6.45) is 1.23. The summed E-state index contributed by atoms with van der Waals surface area (Å²) in [4.78, 5) is 0. The average molecular weight is 175 g/mol. The highest BCUT2D eigenvalue weighted by Crippen LogP contribution is 2.29. The Morgan fingerprint density at radius 1 is 1.38 bits per heavy atom. The molecule has 1 aromatic rings. The maximum Gasteiger partial charge on any atom is 0.0211 e. The summed E-state index contributed by atoms with van der Waals surface area (Å²) < 4.78 is 0. The Bertz CT molecular complexity index is 293. The van der Waals surface area contributed by atoms with Crippen molar-refractivity contribution in [2.75, 3.05) is 0 Å². The van der Waals surface area contributed by atoms with Gasteiger partial charge in [0.2, 0.25) is 0 Å². The Hall–Kier alpha value is -0.820. The molecule has 0 amide bonds. The molecular formula is C12H17N. The third-order valence-corrected chi connectivity index (χ3v) is 3.11. The van der Waals surface area contributed by atoms with Gasteiger partial charge in [-0.2, -0.15) is 0 Å². The highest BCUT2D eigenvalue weighted by atomic mass is 14.9. The van der Waals surface area contributed by atoms with Crippen molar-refractivity contribution in [1.82, 2.24) is 5.32 Å². The van der Waals surface area contributed by atoms with Crippen LogP contribution < -0.4 is 5.32 Å². The standard InChI is InChI=1S/C12H17N/c1-3-11-9(2)13-8-10-6-4-5-7-12(10)11/h4-7,9,11,13H,3,8H2,1-2H3/t9-,11+/m1/s1. The second-order valence-electron chi connectivity index (χ2n) is 3.88. The molecule has 0 unspecified atom stereocenters. The average Bonchev–Trinajstić information content (AvgIpc) is 2.18. The molecule has 1 N–H and O–H groups in total. The molecule has 1 aromatic carbocycles. The zero-order chi connectivity index (χ0) is 9.26. The van der Waals surface area contributed by atoms with Crippen LogP contribution in [0, 0.1) is 0 Å². The first-order chi connectivity index (χ1) is 6.33. The molecule has 0 aliphatic carbocycles. The van der Waals surface area contributed by atoms with Gasteiger partial charge in [-0.25, -0.2) is 0 Å². The summed E-state index contributed by atoms with van der Waals surface area (Å²) >= 11 is 0. The minimum Gasteiger partial charge on any atom is -0.310 e. The molecule has 1 heteroatoms. The van der Waals surface area contributed by atoms with Gasteiger partial charge in [0.05, 0.1) is 0 Å². The molecule has 0 bridgehead atoms. The first-order valence-electron chi connectivity index (χ1n) is 5.14. The van der Waals surface area contributed by atoms with Crippen LogP contribution in [0.1, 0.15) is 37.3 Å². The monoisotopic (exact) mass is 175 g/mol. The number of rotatable bonds is 1. The van der Waals surface area contributed by atoms with Gasteiger partial charge in [0.1, 0.15) is 0 Å². The lowest BCUT2D eigenvalue weighted by molar-refractivity contribution is 0.419. The predicted octanol–water partition coefficient (Wildman–Crippen LogP) is 2.67. The molecule has 0 radical (unpaired) electrons. The van der Waals surface area contributed by atoms with Crippen molar-refractivity contribution in [3.05, 3.63) is 35.4 Å². The van der Waals surface area contributed by atoms with Gasteiger partial charge in [-0.15, -0.1) is 0 Å². The second kappa shape index (κ2) is 3.51. The zero-order valence-corrected chi connectivity index (χ0v) is 8.38. The van der Waals surface area contributed by atoms with Gasteiger partial charge >= 0.3 is 0 Å². The lowest BCUT2D eigenvalue weighted by atomic mass is 9.84. The Balaban J connectivity index is 2.39. The van der Waals surface area contributed by atoms with Gasteiger partial charge in [-0.1, -0.05) is 31.2 Å². The molecule has 1 nitrogen and oxygen atoms in total. The highest BCUT2D eigenvalue weighted by molar-refractivity contribution is 5.33. The Morgan fingerprint density at radius 3 is 2.92 bits per heavy atom. The number of nitrogens with one attached hydrogen (secondary N) is 1. The van der Waals surface area contributed by atoms with Crippen molar-refractivity contribution in [2.24, 2.45) is 0 Å². The largest absolute Gasteiger partial charge is 0.310 e. The first-order valence-corrected chi connectivity index (χ1v) is 5.14. The Kier molecular flexibility index (Phi) is 2.36. The fourth-order valence-electron chi connectivity index (χ4n) is 2.31. The van der Waals surface area contributed by atoms with Gasteiger partial charge in [-0.3, -0.25) is 0 Å². The Morgan fingerprint density at radius 2 is 2.15 bits per heavy atom. The van der Waals surface area contributed by atoms with E-state index in [0.717, 1.165) is 6.54 Å². The molecule has 2 rings (SSSR count). The number of hydrogen-bond acceptors (Lipinski definition) is 1. The minimum absolute atomic E-state index is 0.625. The highest BCUT2D eigenvalue weighted by Gasteiger charge is 2.23. The van der Waals surface area contributed by atoms with Gasteiger partial charge in [-0.05, 0) is 30.4 Å². The van der Waals surface area contributed by atoms with Gasteiger partial charge < -0.3 is 5.32 Å². The molecule has 0 saturated carbocycles. The van der Waals surface area contributed by atoms with Crippen LogP contribution in [0.3, 0.4) is 0 Å². The first kappa shape index (κ1) is 8.76. The molecule has 2 atom stereocenters. The van der Waals surface area contributed by atoms with Crippen LogP contribution in [0.2, 0.25) is 0 Å². The van der Waals surface area contributed by atoms with Crippen molar-refractivity contribution < 1.29 is 0 Å². The summed E-state index contributed by atoms with van der Waals surface area (Å²) in [7, 11) is 0. The molecule has 13 heavy (non-hydrogen) atoms. The predicted molar refractivity (Wildman–Crippen MR) is 55.8 cm³/mol. The van der Waals surface area contributed by atoms with Gasteiger partial charge in [0, 0.05) is 12.6 Å². The number of benzene rings is 1. The van der Waals surface area contributed by atoms with E-state index in [4.69, 9.17) is 0 Å². The van der Waals surface area contributed by atoms with E-state index in [1.54, 1.807) is 5.56 Å². The minimum atomic E-state index is 0.625. The molecule has 1 heterocycles. The fraction of sp³-hybridized carbons (Fsp3) is 0.500. The van der Waals surface area contributed by atoms with E-state index < -0.39 is 0 Å². The topological polar surface area (TPSA) is 12.0 Å². The summed E-state index contributed by atoms with van der Waals surface area (Å²) in [6, 6.07) is 9.42. The van der Waals surface area contributed by atoms with E-state index in [9.17, 15) is 0 Å². The smallest absolute Gasteiger partial charge is 0.0211 e. The van der Waals surface area contributed by atoms with E-state index in [0.29, 0.717) is 12.0 Å². The zero-order valence-electron chi connectivity index (χ0n) is 8.38. The molecule has 70 valence electrons. The van der Waals surface area contributed by atoms with E-state index in [2.05, 4.69) is 43.4 Å². The van der Waals surface area contributed by atoms with Crippen LogP contribution >= 0.6 is 0 Å². The third-order valence-electron chi connectivity index (χ3n) is 3.11. The van der Waals surface area contributed by atoms with Crippen LogP contribution in [0.15, 0.2) is 24.3 Å². The van der Waals surface area contributed by atoms with Crippen molar-refractivity contribution in [1.29, 1.82) is 0 Å². The maximum atomic E-state index is 3.54. The van der Waals surface area contributed by atoms with Gasteiger partial charge in [0.15, 0.2) is 0 Å². The maximum absolute atomic E-state index is 3.54. The second-order valence-corrected chi connectivity index (χ2v) is 3.88. The van der Waals surface area contributed by atoms with Crippen LogP contribution in [0.5, 0.6) is 0 Å². The Labute approximate surface area is 80.2 Å². The van der Waals surface area contributed by atoms with Crippen LogP contribution in [-0.4, -0.2) is 6.04 Å². The number of hydrogen-bond donors (Lipinski definition) is 1. The van der Waals surface area contributed by atoms with Crippen LogP contribution in [0.4, 0.5) is 0 Å². The van der Waals surface area contributed by atoms with Crippen molar-refractivity contribution >= 4 is 0 Å². The quantitative estimate of drug-likeness (QED) is 0.692. The fourth-order valence-corrected chi connectivity index (χ4v) is 2.31. The normalized spacial score (nSPS) is 26.9. The lowest BCUT2D eigenvalue weighted by Gasteiger charge is -2.31. The van der Waals surface area contributed by atoms with E-state index in [1.807, 2.05) is 0 Å². The molecule has 1 aliphatic rings. The van der Waals surface area contributed by atoms with Crippen molar-refractivity contribution in [2.45, 2.75) is 38.8 Å². The summed E-state index contributed by atoms with van der Waals surface area (Å²) in [6.45, 7) is 5.59. The molecule has 0 spiro atoms. The molecule has 1 aliphatic heterocycles. The van der Waals surface area contributed by atoms with E-state index >= 15 is 0 Å². The number of fused-ring (bicyclic) bond motifs is 1. The lowest BCUT2D eigenvalue weighted by Crippen LogP contribution is -2.36. The van der Waals surface area contributed by atoms with Crippen LogP contribution in [-0.2, 0) is 6.54 Å². The SMILES string of the molecule is CC[C@@H]1c2ccccc2CN[C@@H]1C. The van der Waals surface area contributed by atoms with Crippen LogP contribution in [0.25, 0.3) is 0 Å². The van der Waals surface area contributed by atoms with Gasteiger partial charge in [0.25, 0.3) is 0 Å². The summed E-state index contributed by atoms with van der Waals surface area (Å²) in [5.41, 5.74) is 3.03. The molecule has 0 fully saturated rings. The van der Waals surface area contributed by atoms with E-state index in [1.165, 1.54) is 12.0 Å². The van der Waals surface area contributed by atoms with Crippen molar-refractivity contribution in [3.8, 4) is 0 Å².